The average molecular weight is 337 g/mol. The Morgan fingerprint density at radius 3 is 2.28 bits per heavy atom. The molecule has 0 saturated heterocycles. The van der Waals surface area contributed by atoms with Crippen LogP contribution in [-0.2, 0) is 23.8 Å². The first-order valence-electron chi connectivity index (χ1n) is 8.32. The van der Waals surface area contributed by atoms with Crippen molar-refractivity contribution < 1.29 is 4.79 Å². The number of anilines is 1. The fraction of sp³-hybridized carbons (Fsp3) is 0.300. The van der Waals surface area contributed by atoms with Crippen LogP contribution in [0.3, 0.4) is 0 Å². The molecule has 0 spiro atoms. The molecule has 5 heteroatoms. The number of rotatable bonds is 3. The molecule has 25 heavy (non-hydrogen) atoms. The molecule has 0 aliphatic heterocycles. The molecule has 1 N–H and O–H groups in total. The fourth-order valence-corrected chi connectivity index (χ4v) is 3.10. The first-order valence-corrected chi connectivity index (χ1v) is 8.32. The fourth-order valence-electron chi connectivity index (χ4n) is 3.10. The normalized spacial score (nSPS) is 11.7. The zero-order valence-electron chi connectivity index (χ0n) is 15.0. The second-order valence-electron chi connectivity index (χ2n) is 7.26. The second-order valence-corrected chi connectivity index (χ2v) is 7.26. The Labute approximate surface area is 146 Å². The first-order chi connectivity index (χ1) is 11.8. The second kappa shape index (κ2) is 6.24. The molecule has 1 amide bonds. The maximum Gasteiger partial charge on any atom is 0.329 e. The van der Waals surface area contributed by atoms with Gasteiger partial charge in [-0.25, -0.2) is 4.79 Å². The van der Waals surface area contributed by atoms with Gasteiger partial charge in [-0.2, -0.15) is 0 Å². The Kier molecular flexibility index (Phi) is 4.25. The van der Waals surface area contributed by atoms with Crippen molar-refractivity contribution in [1.82, 2.24) is 9.13 Å². The average Bonchev–Trinajstić information content (AvgIpc) is 2.80. The van der Waals surface area contributed by atoms with Gasteiger partial charge < -0.3 is 5.32 Å². The maximum absolute atomic E-state index is 12.6. The number of hydrogen-bond donors (Lipinski definition) is 1. The van der Waals surface area contributed by atoms with E-state index < -0.39 is 0 Å². The summed E-state index contributed by atoms with van der Waals surface area (Å²) in [4.78, 5) is 25.0. The predicted octanol–water partition coefficient (Wildman–Crippen LogP) is 3.28. The van der Waals surface area contributed by atoms with Gasteiger partial charge in [0.2, 0.25) is 5.91 Å². The van der Waals surface area contributed by atoms with Gasteiger partial charge in [0.25, 0.3) is 0 Å². The van der Waals surface area contributed by atoms with Gasteiger partial charge in [-0.3, -0.25) is 13.9 Å². The van der Waals surface area contributed by atoms with Crippen molar-refractivity contribution in [3.05, 3.63) is 64.6 Å². The lowest BCUT2D eigenvalue weighted by molar-refractivity contribution is -0.116. The molecule has 0 saturated carbocycles. The number of benzene rings is 2. The smallest absolute Gasteiger partial charge is 0.324 e. The van der Waals surface area contributed by atoms with Crippen LogP contribution in [0.2, 0.25) is 0 Å². The van der Waals surface area contributed by atoms with E-state index in [1.807, 2.05) is 48.5 Å². The number of hydrogen-bond acceptors (Lipinski definition) is 2. The summed E-state index contributed by atoms with van der Waals surface area (Å²) in [6.45, 7) is 6.30. The van der Waals surface area contributed by atoms with E-state index in [2.05, 4.69) is 26.1 Å². The van der Waals surface area contributed by atoms with Crippen molar-refractivity contribution in [2.75, 3.05) is 5.32 Å². The SMILES string of the molecule is Cn1c(=O)n(CC(=O)Nc2ccccc2C(C)(C)C)c2ccccc21. The van der Waals surface area contributed by atoms with E-state index in [1.54, 1.807) is 11.6 Å². The van der Waals surface area contributed by atoms with Gasteiger partial charge in [-0.1, -0.05) is 51.1 Å². The van der Waals surface area contributed by atoms with Crippen LogP contribution >= 0.6 is 0 Å². The van der Waals surface area contributed by atoms with Gasteiger partial charge in [0.15, 0.2) is 0 Å². The predicted molar refractivity (Wildman–Crippen MR) is 101 cm³/mol. The molecule has 130 valence electrons. The van der Waals surface area contributed by atoms with Crippen molar-refractivity contribution in [3.63, 3.8) is 0 Å². The largest absolute Gasteiger partial charge is 0.329 e. The summed E-state index contributed by atoms with van der Waals surface area (Å²) in [6, 6.07) is 15.2. The summed E-state index contributed by atoms with van der Waals surface area (Å²) in [5, 5.41) is 2.96. The Hall–Kier alpha value is -2.82. The molecule has 1 aromatic heterocycles. The summed E-state index contributed by atoms with van der Waals surface area (Å²) in [7, 11) is 1.72. The van der Waals surface area contributed by atoms with E-state index in [4.69, 9.17) is 0 Å². The molecule has 5 nitrogen and oxygen atoms in total. The molecule has 0 aliphatic rings. The topological polar surface area (TPSA) is 56.0 Å². The summed E-state index contributed by atoms with van der Waals surface area (Å²) in [5.41, 5.74) is 3.15. The first kappa shape index (κ1) is 17.0. The molecular weight excluding hydrogens is 314 g/mol. The van der Waals surface area contributed by atoms with E-state index in [-0.39, 0.29) is 23.6 Å². The number of carbonyl (C=O) groups is 1. The van der Waals surface area contributed by atoms with Crippen molar-refractivity contribution in [3.8, 4) is 0 Å². The highest BCUT2D eigenvalue weighted by Crippen LogP contribution is 2.29. The number of carbonyl (C=O) groups excluding carboxylic acids is 1. The molecule has 1 heterocycles. The van der Waals surface area contributed by atoms with E-state index in [1.165, 1.54) is 4.57 Å². The number of aromatic nitrogens is 2. The zero-order chi connectivity index (χ0) is 18.2. The minimum Gasteiger partial charge on any atom is -0.324 e. The van der Waals surface area contributed by atoms with Crippen molar-refractivity contribution in [2.45, 2.75) is 32.7 Å². The van der Waals surface area contributed by atoms with Crippen molar-refractivity contribution in [1.29, 1.82) is 0 Å². The molecule has 0 aliphatic carbocycles. The van der Waals surface area contributed by atoms with E-state index in [9.17, 15) is 9.59 Å². The van der Waals surface area contributed by atoms with Crippen LogP contribution in [0, 0.1) is 0 Å². The Morgan fingerprint density at radius 2 is 1.60 bits per heavy atom. The van der Waals surface area contributed by atoms with Crippen molar-refractivity contribution in [2.24, 2.45) is 7.05 Å². The third-order valence-electron chi connectivity index (χ3n) is 4.36. The quantitative estimate of drug-likeness (QED) is 0.797. The highest BCUT2D eigenvalue weighted by molar-refractivity contribution is 5.92. The summed E-state index contributed by atoms with van der Waals surface area (Å²) >= 11 is 0. The molecule has 0 bridgehead atoms. The Balaban J connectivity index is 1.91. The number of fused-ring (bicyclic) bond motifs is 1. The van der Waals surface area contributed by atoms with Crippen LogP contribution in [0.25, 0.3) is 11.0 Å². The lowest BCUT2D eigenvalue weighted by atomic mass is 9.86. The minimum absolute atomic E-state index is 0.0152. The third-order valence-corrected chi connectivity index (χ3v) is 4.36. The van der Waals surface area contributed by atoms with Crippen LogP contribution in [0.4, 0.5) is 5.69 Å². The highest BCUT2D eigenvalue weighted by atomic mass is 16.2. The van der Waals surface area contributed by atoms with Crippen LogP contribution < -0.4 is 11.0 Å². The molecule has 0 fully saturated rings. The third kappa shape index (κ3) is 3.22. The van der Waals surface area contributed by atoms with E-state index >= 15 is 0 Å². The number of amides is 1. The monoisotopic (exact) mass is 337 g/mol. The number of imidazole rings is 1. The van der Waals surface area contributed by atoms with Crippen LogP contribution in [0.1, 0.15) is 26.3 Å². The number of aryl methyl sites for hydroxylation is 1. The Bertz CT molecular complexity index is 990. The number of nitrogens with one attached hydrogen (secondary N) is 1. The highest BCUT2D eigenvalue weighted by Gasteiger charge is 2.19. The summed E-state index contributed by atoms with van der Waals surface area (Å²) < 4.78 is 3.07. The standard InChI is InChI=1S/C20H23N3O2/c1-20(2,3)14-9-5-6-10-15(14)21-18(24)13-23-17-12-8-7-11-16(17)22(4)19(23)25/h5-12H,13H2,1-4H3,(H,21,24). The molecular formula is C20H23N3O2. The van der Waals surface area contributed by atoms with Gasteiger partial charge in [0.05, 0.1) is 11.0 Å². The maximum atomic E-state index is 12.6. The van der Waals surface area contributed by atoms with E-state index in [0.717, 1.165) is 22.3 Å². The van der Waals surface area contributed by atoms with Gasteiger partial charge in [0, 0.05) is 12.7 Å². The zero-order valence-corrected chi connectivity index (χ0v) is 15.0. The Morgan fingerprint density at radius 1 is 1.00 bits per heavy atom. The van der Waals surface area contributed by atoms with Crippen LogP contribution in [0.5, 0.6) is 0 Å². The lowest BCUT2D eigenvalue weighted by Crippen LogP contribution is -2.29. The summed E-state index contributed by atoms with van der Waals surface area (Å²) in [5.74, 6) is -0.213. The van der Waals surface area contributed by atoms with Crippen LogP contribution in [0.15, 0.2) is 53.3 Å². The van der Waals surface area contributed by atoms with Gasteiger partial charge >= 0.3 is 5.69 Å². The van der Waals surface area contributed by atoms with E-state index in [0.29, 0.717) is 0 Å². The van der Waals surface area contributed by atoms with Crippen molar-refractivity contribution >= 4 is 22.6 Å². The molecule has 3 rings (SSSR count). The minimum atomic E-state index is -0.213. The molecule has 0 unspecified atom stereocenters. The molecule has 0 atom stereocenters. The van der Waals surface area contributed by atoms with Gasteiger partial charge in [-0.15, -0.1) is 0 Å². The molecule has 0 radical (unpaired) electrons. The molecule has 2 aromatic carbocycles. The number of para-hydroxylation sites is 3. The van der Waals surface area contributed by atoms with Gasteiger partial charge in [0.1, 0.15) is 6.54 Å². The number of nitrogens with zero attached hydrogens (tertiary/aromatic N) is 2. The summed E-state index contributed by atoms with van der Waals surface area (Å²) in [6.07, 6.45) is 0. The lowest BCUT2D eigenvalue weighted by Gasteiger charge is -2.23. The molecule has 3 aromatic rings. The van der Waals surface area contributed by atoms with Gasteiger partial charge in [-0.05, 0) is 29.2 Å². The van der Waals surface area contributed by atoms with Crippen LogP contribution in [-0.4, -0.2) is 15.0 Å².